The molecule has 0 N–H and O–H groups in total. The topological polar surface area (TPSA) is 73.8 Å². The Bertz CT molecular complexity index is 1290. The molecule has 6 nitrogen and oxygen atoms in total. The van der Waals surface area contributed by atoms with E-state index in [0.717, 1.165) is 5.56 Å². The van der Waals surface area contributed by atoms with Gasteiger partial charge in [0.25, 0.3) is 5.56 Å². The Kier molecular flexibility index (Phi) is 5.42. The summed E-state index contributed by atoms with van der Waals surface area (Å²) in [5.74, 6) is 1.55. The number of thioether (sulfide) groups is 1. The molecule has 0 fully saturated rings. The molecule has 0 saturated heterocycles. The van der Waals surface area contributed by atoms with Crippen molar-refractivity contribution in [2.75, 3.05) is 0 Å². The lowest BCUT2D eigenvalue weighted by Gasteiger charge is -2.15. The standard InChI is InChI=1S/C22H21ClN4O2S/c1-13-15(23)9-7-11-17(13)27-19(28)14-8-5-6-10-16(14)24-21(27)30-12-18-25-20(29-26-18)22(2,3)4/h5-11H,12H2,1-4H3. The number of hydrogen-bond donors (Lipinski definition) is 0. The van der Waals surface area contributed by atoms with Crippen molar-refractivity contribution in [2.45, 2.75) is 44.0 Å². The molecule has 154 valence electrons. The zero-order valence-corrected chi connectivity index (χ0v) is 18.7. The minimum absolute atomic E-state index is 0.142. The van der Waals surface area contributed by atoms with Crippen LogP contribution in [-0.4, -0.2) is 19.7 Å². The maximum absolute atomic E-state index is 13.4. The van der Waals surface area contributed by atoms with Gasteiger partial charge >= 0.3 is 0 Å². The molecule has 0 aliphatic heterocycles. The molecule has 2 aromatic carbocycles. The van der Waals surface area contributed by atoms with Crippen LogP contribution in [0.4, 0.5) is 0 Å². The van der Waals surface area contributed by atoms with E-state index in [1.807, 2.05) is 58.0 Å². The fourth-order valence-electron chi connectivity index (χ4n) is 3.01. The maximum atomic E-state index is 13.4. The molecule has 4 rings (SSSR count). The van der Waals surface area contributed by atoms with Crippen molar-refractivity contribution < 1.29 is 4.52 Å². The lowest BCUT2D eigenvalue weighted by molar-refractivity contribution is 0.319. The fraction of sp³-hybridized carbons (Fsp3) is 0.273. The number of nitrogens with zero attached hydrogens (tertiary/aromatic N) is 4. The molecule has 0 atom stereocenters. The van der Waals surface area contributed by atoms with Crippen molar-refractivity contribution in [2.24, 2.45) is 0 Å². The summed E-state index contributed by atoms with van der Waals surface area (Å²) < 4.78 is 6.99. The van der Waals surface area contributed by atoms with E-state index in [-0.39, 0.29) is 11.0 Å². The largest absolute Gasteiger partial charge is 0.339 e. The van der Waals surface area contributed by atoms with Crippen LogP contribution in [0.2, 0.25) is 5.02 Å². The smallest absolute Gasteiger partial charge is 0.266 e. The summed E-state index contributed by atoms with van der Waals surface area (Å²) in [7, 11) is 0. The van der Waals surface area contributed by atoms with Crippen LogP contribution in [0.25, 0.3) is 16.6 Å². The summed E-state index contributed by atoms with van der Waals surface area (Å²) in [5, 5.41) is 5.77. The maximum Gasteiger partial charge on any atom is 0.266 e. The molecule has 0 aliphatic rings. The van der Waals surface area contributed by atoms with Crippen LogP contribution >= 0.6 is 23.4 Å². The van der Waals surface area contributed by atoms with E-state index >= 15 is 0 Å². The van der Waals surface area contributed by atoms with Crippen LogP contribution in [0.3, 0.4) is 0 Å². The summed E-state index contributed by atoms with van der Waals surface area (Å²) in [5.41, 5.74) is 1.80. The van der Waals surface area contributed by atoms with Crippen molar-refractivity contribution >= 4 is 34.3 Å². The van der Waals surface area contributed by atoms with Gasteiger partial charge in [-0.15, -0.1) is 0 Å². The first kappa shape index (κ1) is 20.6. The monoisotopic (exact) mass is 440 g/mol. The summed E-state index contributed by atoms with van der Waals surface area (Å²) >= 11 is 7.72. The van der Waals surface area contributed by atoms with Crippen molar-refractivity contribution in [3.8, 4) is 5.69 Å². The predicted octanol–water partition coefficient (Wildman–Crippen LogP) is 5.32. The van der Waals surface area contributed by atoms with Gasteiger partial charge in [0.05, 0.1) is 22.3 Å². The van der Waals surface area contributed by atoms with Crippen molar-refractivity contribution in [3.63, 3.8) is 0 Å². The Balaban J connectivity index is 1.81. The number of para-hydroxylation sites is 1. The van der Waals surface area contributed by atoms with Gasteiger partial charge in [0, 0.05) is 10.4 Å². The highest BCUT2D eigenvalue weighted by Gasteiger charge is 2.22. The lowest BCUT2D eigenvalue weighted by atomic mass is 9.97. The van der Waals surface area contributed by atoms with E-state index in [2.05, 4.69) is 10.1 Å². The zero-order valence-electron chi connectivity index (χ0n) is 17.1. The summed E-state index contributed by atoms with van der Waals surface area (Å²) in [6.07, 6.45) is 0. The normalized spacial score (nSPS) is 11.9. The summed E-state index contributed by atoms with van der Waals surface area (Å²) in [6, 6.07) is 12.8. The molecule has 30 heavy (non-hydrogen) atoms. The number of aromatic nitrogens is 4. The van der Waals surface area contributed by atoms with E-state index in [4.69, 9.17) is 21.1 Å². The van der Waals surface area contributed by atoms with Gasteiger partial charge in [0.2, 0.25) is 5.89 Å². The molecule has 0 unspecified atom stereocenters. The van der Waals surface area contributed by atoms with Crippen molar-refractivity contribution in [3.05, 3.63) is 75.1 Å². The van der Waals surface area contributed by atoms with Gasteiger partial charge in [-0.25, -0.2) is 4.98 Å². The van der Waals surface area contributed by atoms with Crippen LogP contribution in [-0.2, 0) is 11.2 Å². The quantitative estimate of drug-likeness (QED) is 0.316. The van der Waals surface area contributed by atoms with Gasteiger partial charge in [-0.05, 0) is 36.8 Å². The highest BCUT2D eigenvalue weighted by Crippen LogP contribution is 2.28. The third-order valence-electron chi connectivity index (χ3n) is 4.66. The number of benzene rings is 2. The van der Waals surface area contributed by atoms with Crippen LogP contribution < -0.4 is 5.56 Å². The van der Waals surface area contributed by atoms with E-state index in [0.29, 0.717) is 44.2 Å². The van der Waals surface area contributed by atoms with Crippen molar-refractivity contribution in [1.82, 2.24) is 19.7 Å². The summed E-state index contributed by atoms with van der Waals surface area (Å²) in [4.78, 5) is 22.6. The van der Waals surface area contributed by atoms with Crippen LogP contribution in [0.5, 0.6) is 0 Å². The Morgan fingerprint density at radius 3 is 2.60 bits per heavy atom. The molecule has 0 radical (unpaired) electrons. The first-order valence-corrected chi connectivity index (χ1v) is 10.8. The van der Waals surface area contributed by atoms with E-state index < -0.39 is 0 Å². The van der Waals surface area contributed by atoms with Gasteiger partial charge < -0.3 is 4.52 Å². The zero-order chi connectivity index (χ0) is 21.5. The Morgan fingerprint density at radius 1 is 1.10 bits per heavy atom. The molecule has 0 amide bonds. The average Bonchev–Trinajstić information content (AvgIpc) is 3.19. The highest BCUT2D eigenvalue weighted by molar-refractivity contribution is 7.98. The van der Waals surface area contributed by atoms with Crippen LogP contribution in [0.1, 0.15) is 38.0 Å². The highest BCUT2D eigenvalue weighted by atomic mass is 35.5. The van der Waals surface area contributed by atoms with Gasteiger partial charge in [-0.2, -0.15) is 4.98 Å². The lowest BCUT2D eigenvalue weighted by Crippen LogP contribution is -2.22. The average molecular weight is 441 g/mol. The molecule has 0 bridgehead atoms. The second kappa shape index (κ2) is 7.89. The predicted molar refractivity (Wildman–Crippen MR) is 120 cm³/mol. The molecule has 0 aliphatic carbocycles. The van der Waals surface area contributed by atoms with E-state index in [1.165, 1.54) is 11.8 Å². The molecule has 0 saturated carbocycles. The Hall–Kier alpha value is -2.64. The molecule has 4 aromatic rings. The SMILES string of the molecule is Cc1c(Cl)cccc1-n1c(SCc2noc(C(C)(C)C)n2)nc2ccccc2c1=O. The molecule has 8 heteroatoms. The molecule has 0 spiro atoms. The van der Waals surface area contributed by atoms with Crippen LogP contribution in [0, 0.1) is 6.92 Å². The number of hydrogen-bond acceptors (Lipinski definition) is 6. The van der Waals surface area contributed by atoms with Gasteiger partial charge in [0.15, 0.2) is 11.0 Å². The Morgan fingerprint density at radius 2 is 1.87 bits per heavy atom. The Labute approximate surface area is 183 Å². The molecule has 2 aromatic heterocycles. The van der Waals surface area contributed by atoms with Gasteiger partial charge in [-0.3, -0.25) is 9.36 Å². The van der Waals surface area contributed by atoms with Gasteiger partial charge in [0.1, 0.15) is 0 Å². The minimum atomic E-state index is -0.225. The second-order valence-corrected chi connectivity index (χ2v) is 9.34. The van der Waals surface area contributed by atoms with Gasteiger partial charge in [-0.1, -0.05) is 67.5 Å². The minimum Gasteiger partial charge on any atom is -0.339 e. The first-order valence-electron chi connectivity index (χ1n) is 9.49. The summed E-state index contributed by atoms with van der Waals surface area (Å²) in [6.45, 7) is 7.94. The second-order valence-electron chi connectivity index (χ2n) is 7.99. The molecular weight excluding hydrogens is 420 g/mol. The van der Waals surface area contributed by atoms with E-state index in [1.54, 1.807) is 16.7 Å². The third-order valence-corrected chi connectivity index (χ3v) is 6.01. The fourth-order valence-corrected chi connectivity index (χ4v) is 4.02. The first-order chi connectivity index (χ1) is 14.3. The molecular formula is C22H21ClN4O2S. The third kappa shape index (κ3) is 3.87. The van der Waals surface area contributed by atoms with Crippen LogP contribution in [0.15, 0.2) is 56.9 Å². The molecule has 2 heterocycles. The number of rotatable bonds is 4. The van der Waals surface area contributed by atoms with Crippen molar-refractivity contribution in [1.29, 1.82) is 0 Å². The van der Waals surface area contributed by atoms with E-state index in [9.17, 15) is 4.79 Å². The number of fused-ring (bicyclic) bond motifs is 1. The number of halogens is 1.